The van der Waals surface area contributed by atoms with Crippen molar-refractivity contribution < 1.29 is 9.53 Å². The van der Waals surface area contributed by atoms with Crippen molar-refractivity contribution in [2.24, 2.45) is 0 Å². The lowest BCUT2D eigenvalue weighted by Gasteiger charge is -2.38. The zero-order valence-electron chi connectivity index (χ0n) is 22.9. The molecule has 0 atom stereocenters. The van der Waals surface area contributed by atoms with Gasteiger partial charge in [-0.15, -0.1) is 0 Å². The predicted molar refractivity (Wildman–Crippen MR) is 152 cm³/mol. The third-order valence-electron chi connectivity index (χ3n) is 8.29. The van der Waals surface area contributed by atoms with Gasteiger partial charge in [0.2, 0.25) is 5.91 Å². The van der Waals surface area contributed by atoms with Crippen LogP contribution in [0.4, 0.5) is 11.5 Å². The lowest BCUT2D eigenvalue weighted by molar-refractivity contribution is -0.126. The van der Waals surface area contributed by atoms with Crippen LogP contribution in [0.3, 0.4) is 0 Å². The molecule has 0 aliphatic carbocycles. The summed E-state index contributed by atoms with van der Waals surface area (Å²) in [6.07, 6.45) is 8.00. The van der Waals surface area contributed by atoms with Crippen LogP contribution in [-0.2, 0) is 17.8 Å². The van der Waals surface area contributed by atoms with Crippen molar-refractivity contribution in [3.05, 3.63) is 47.8 Å². The van der Waals surface area contributed by atoms with E-state index in [9.17, 15) is 4.79 Å². The molecule has 10 heteroatoms. The molecule has 3 aliphatic rings. The number of hydrogen-bond acceptors (Lipinski definition) is 8. The number of nitrogens with one attached hydrogen (secondary N) is 1. The Morgan fingerprint density at radius 3 is 2.67 bits per heavy atom. The van der Waals surface area contributed by atoms with Gasteiger partial charge in [0, 0.05) is 50.2 Å². The predicted octanol–water partition coefficient (Wildman–Crippen LogP) is 2.92. The molecule has 206 valence electrons. The second-order valence-corrected chi connectivity index (χ2v) is 10.8. The summed E-state index contributed by atoms with van der Waals surface area (Å²) in [5, 5.41) is 8.52. The second kappa shape index (κ2) is 11.2. The number of rotatable bonds is 7. The highest BCUT2D eigenvalue weighted by molar-refractivity contribution is 5.93. The van der Waals surface area contributed by atoms with Crippen LogP contribution in [0.1, 0.15) is 36.1 Å². The minimum Gasteiger partial charge on any atom is -0.462 e. The zero-order valence-corrected chi connectivity index (χ0v) is 22.9. The minimum absolute atomic E-state index is 0.0134. The summed E-state index contributed by atoms with van der Waals surface area (Å²) in [4.78, 5) is 31.1. The van der Waals surface area contributed by atoms with Crippen LogP contribution in [0.2, 0.25) is 0 Å². The number of amides is 1. The van der Waals surface area contributed by atoms with Gasteiger partial charge in [-0.1, -0.05) is 19.1 Å². The molecule has 39 heavy (non-hydrogen) atoms. The van der Waals surface area contributed by atoms with Gasteiger partial charge in [0.1, 0.15) is 12.4 Å². The number of piperidine rings is 1. The summed E-state index contributed by atoms with van der Waals surface area (Å²) >= 11 is 0. The maximum Gasteiger partial charge on any atom is 0.318 e. The Morgan fingerprint density at radius 2 is 1.87 bits per heavy atom. The topological polar surface area (TPSA) is 93.7 Å². The van der Waals surface area contributed by atoms with E-state index in [1.165, 1.54) is 42.2 Å². The summed E-state index contributed by atoms with van der Waals surface area (Å²) in [7, 11) is 0. The van der Waals surface area contributed by atoms with E-state index in [0.29, 0.717) is 32.3 Å². The van der Waals surface area contributed by atoms with Crippen LogP contribution in [0.15, 0.2) is 31.0 Å². The zero-order chi connectivity index (χ0) is 26.8. The molecule has 2 fully saturated rings. The van der Waals surface area contributed by atoms with Crippen LogP contribution < -0.4 is 14.5 Å². The van der Waals surface area contributed by atoms with Gasteiger partial charge in [-0.3, -0.25) is 14.8 Å². The van der Waals surface area contributed by atoms with E-state index >= 15 is 0 Å². The van der Waals surface area contributed by atoms with Crippen LogP contribution in [0.25, 0.3) is 10.9 Å². The van der Waals surface area contributed by atoms with E-state index < -0.39 is 0 Å². The van der Waals surface area contributed by atoms with Crippen molar-refractivity contribution in [1.29, 1.82) is 0 Å². The van der Waals surface area contributed by atoms with E-state index in [1.807, 2.05) is 11.1 Å². The van der Waals surface area contributed by atoms with Crippen molar-refractivity contribution in [2.75, 3.05) is 68.8 Å². The standard InChI is InChI=1S/C29H38N8O2/c1-3-26(38)35-13-15-36(16-14-35)28-22-9-12-37(27-21(2)7-8-24-23(27)19-30-33-24)20-25(22)31-29(32-28)39-18-17-34-10-5-4-6-11-34/h3,7-8,19H,1,4-6,9-18,20H2,2H3,(H,30,33). The van der Waals surface area contributed by atoms with E-state index in [-0.39, 0.29) is 5.91 Å². The molecule has 2 aromatic heterocycles. The van der Waals surface area contributed by atoms with Gasteiger partial charge in [-0.25, -0.2) is 0 Å². The summed E-state index contributed by atoms with van der Waals surface area (Å²) in [5.74, 6) is 0.942. The molecule has 1 N–H and O–H groups in total. The highest BCUT2D eigenvalue weighted by atomic mass is 16.5. The summed E-state index contributed by atoms with van der Waals surface area (Å²) < 4.78 is 6.20. The van der Waals surface area contributed by atoms with Gasteiger partial charge in [0.05, 0.1) is 29.6 Å². The first-order chi connectivity index (χ1) is 19.1. The Balaban J connectivity index is 1.27. The number of H-pyrrole nitrogens is 1. The van der Waals surface area contributed by atoms with Gasteiger partial charge in [0.15, 0.2) is 0 Å². The van der Waals surface area contributed by atoms with Crippen LogP contribution >= 0.6 is 0 Å². The number of ether oxygens (including phenoxy) is 1. The molecule has 10 nitrogen and oxygen atoms in total. The molecule has 0 unspecified atom stereocenters. The summed E-state index contributed by atoms with van der Waals surface area (Å²) in [6, 6.07) is 4.69. The van der Waals surface area contributed by atoms with Crippen LogP contribution in [-0.4, -0.2) is 94.8 Å². The molecule has 5 heterocycles. The Labute approximate surface area is 229 Å². The third-order valence-corrected chi connectivity index (χ3v) is 8.29. The maximum absolute atomic E-state index is 12.1. The fourth-order valence-corrected chi connectivity index (χ4v) is 6.15. The monoisotopic (exact) mass is 530 g/mol. The number of fused-ring (bicyclic) bond motifs is 2. The highest BCUT2D eigenvalue weighted by Gasteiger charge is 2.29. The Bertz CT molecular complexity index is 1340. The van der Waals surface area contributed by atoms with Crippen LogP contribution in [0, 0.1) is 6.92 Å². The number of aryl methyl sites for hydroxylation is 1. The van der Waals surface area contributed by atoms with Crippen molar-refractivity contribution in [3.8, 4) is 6.01 Å². The van der Waals surface area contributed by atoms with Gasteiger partial charge >= 0.3 is 6.01 Å². The molecular formula is C29H38N8O2. The Morgan fingerprint density at radius 1 is 1.05 bits per heavy atom. The number of hydrogen-bond donors (Lipinski definition) is 1. The average molecular weight is 531 g/mol. The van der Waals surface area contributed by atoms with E-state index in [0.717, 1.165) is 68.1 Å². The highest BCUT2D eigenvalue weighted by Crippen LogP contribution is 2.35. The number of carbonyl (C=O) groups excluding carboxylic acids is 1. The quantitative estimate of drug-likeness (QED) is 0.466. The average Bonchev–Trinajstić information content (AvgIpc) is 3.45. The number of nitrogens with zero attached hydrogens (tertiary/aromatic N) is 7. The fourth-order valence-electron chi connectivity index (χ4n) is 6.15. The summed E-state index contributed by atoms with van der Waals surface area (Å²) in [6.45, 7) is 13.9. The normalized spacial score (nSPS) is 18.3. The molecule has 0 bridgehead atoms. The number of benzene rings is 1. The van der Waals surface area contributed by atoms with Gasteiger partial charge in [-0.2, -0.15) is 15.1 Å². The third kappa shape index (κ3) is 5.30. The maximum atomic E-state index is 12.1. The minimum atomic E-state index is -0.0134. The molecule has 1 aromatic carbocycles. The Kier molecular flexibility index (Phi) is 7.36. The molecular weight excluding hydrogens is 492 g/mol. The van der Waals surface area contributed by atoms with Crippen molar-refractivity contribution >= 4 is 28.3 Å². The molecule has 3 aromatic rings. The molecule has 6 rings (SSSR count). The van der Waals surface area contributed by atoms with Crippen molar-refractivity contribution in [3.63, 3.8) is 0 Å². The number of anilines is 2. The van der Waals surface area contributed by atoms with Gasteiger partial charge in [0.25, 0.3) is 0 Å². The van der Waals surface area contributed by atoms with E-state index in [1.54, 1.807) is 0 Å². The van der Waals surface area contributed by atoms with E-state index in [2.05, 4.69) is 50.5 Å². The Hall–Kier alpha value is -3.66. The lowest BCUT2D eigenvalue weighted by Crippen LogP contribution is -2.49. The largest absolute Gasteiger partial charge is 0.462 e. The van der Waals surface area contributed by atoms with Gasteiger partial charge in [-0.05, 0) is 57.0 Å². The molecule has 1 amide bonds. The van der Waals surface area contributed by atoms with Gasteiger partial charge < -0.3 is 19.4 Å². The molecule has 3 aliphatic heterocycles. The first-order valence-electron chi connectivity index (χ1n) is 14.2. The lowest BCUT2D eigenvalue weighted by atomic mass is 10.0. The van der Waals surface area contributed by atoms with Crippen molar-refractivity contribution in [1.82, 2.24) is 30.0 Å². The summed E-state index contributed by atoms with van der Waals surface area (Å²) in [5.41, 5.74) is 5.68. The molecule has 0 spiro atoms. The fraction of sp³-hybridized carbons (Fsp3) is 0.517. The first kappa shape index (κ1) is 25.6. The SMILES string of the molecule is C=CC(=O)N1CCN(c2nc(OCCN3CCCCC3)nc3c2CCN(c2c(C)ccc4[nH]ncc24)C3)CC1. The number of aromatic amines is 1. The number of piperazine rings is 1. The molecule has 2 saturated heterocycles. The smallest absolute Gasteiger partial charge is 0.318 e. The number of carbonyl (C=O) groups is 1. The second-order valence-electron chi connectivity index (χ2n) is 10.8. The molecule has 0 saturated carbocycles. The van der Waals surface area contributed by atoms with Crippen LogP contribution in [0.5, 0.6) is 6.01 Å². The van der Waals surface area contributed by atoms with E-state index in [4.69, 9.17) is 14.7 Å². The van der Waals surface area contributed by atoms with Crippen molar-refractivity contribution in [2.45, 2.75) is 39.2 Å². The number of aromatic nitrogens is 4. The first-order valence-corrected chi connectivity index (χ1v) is 14.2. The molecule has 0 radical (unpaired) electrons. The number of likely N-dealkylation sites (tertiary alicyclic amines) is 1.